The lowest BCUT2D eigenvalue weighted by Gasteiger charge is -2.24. The van der Waals surface area contributed by atoms with Gasteiger partial charge >= 0.3 is 0 Å². The van der Waals surface area contributed by atoms with Crippen LogP contribution in [0.15, 0.2) is 29.6 Å². The zero-order chi connectivity index (χ0) is 18.6. The number of aryl methyl sites for hydroxylation is 1. The second-order valence-corrected chi connectivity index (χ2v) is 6.75. The first-order valence-electron chi connectivity index (χ1n) is 7.70. The van der Waals surface area contributed by atoms with Gasteiger partial charge in [-0.2, -0.15) is 0 Å². The molecule has 1 N–H and O–H groups in total. The number of hydrogen-bond acceptors (Lipinski definition) is 6. The number of likely N-dealkylation sites (N-methyl/N-ethyl adjacent to an activating group) is 1. The molecule has 1 heterocycles. The second-order valence-electron chi connectivity index (χ2n) is 5.75. The lowest BCUT2D eigenvalue weighted by molar-refractivity contribution is -0.384. The highest BCUT2D eigenvalue weighted by atomic mass is 32.1. The number of ether oxygens (including phenoxy) is 1. The number of nitro benzene ring substituents is 1. The van der Waals surface area contributed by atoms with Crippen molar-refractivity contribution in [3.05, 3.63) is 50.2 Å². The fourth-order valence-corrected chi connectivity index (χ4v) is 3.23. The average molecular weight is 363 g/mol. The summed E-state index contributed by atoms with van der Waals surface area (Å²) in [5.74, 6) is 0.0513. The quantitative estimate of drug-likeness (QED) is 0.602. The van der Waals surface area contributed by atoms with Crippen LogP contribution in [0.5, 0.6) is 5.75 Å². The molecule has 0 bridgehead atoms. The van der Waals surface area contributed by atoms with Gasteiger partial charge in [0.2, 0.25) is 5.91 Å². The van der Waals surface area contributed by atoms with Gasteiger partial charge in [-0.1, -0.05) is 0 Å². The normalized spacial score (nSPS) is 12.0. The number of nitrogens with zero attached hydrogens (tertiary/aromatic N) is 2. The number of carbonyl (C=O) groups is 1. The number of rotatable bonds is 7. The Labute approximate surface area is 150 Å². The minimum absolute atomic E-state index is 0.0896. The summed E-state index contributed by atoms with van der Waals surface area (Å²) in [6.07, 6.45) is 0. The first-order valence-corrected chi connectivity index (χ1v) is 8.58. The van der Waals surface area contributed by atoms with E-state index in [4.69, 9.17) is 4.74 Å². The Morgan fingerprint density at radius 2 is 2.16 bits per heavy atom. The summed E-state index contributed by atoms with van der Waals surface area (Å²) in [5.41, 5.74) is 1.53. The molecule has 25 heavy (non-hydrogen) atoms. The van der Waals surface area contributed by atoms with Crippen LogP contribution in [-0.2, 0) is 11.3 Å². The Morgan fingerprint density at radius 3 is 2.72 bits per heavy atom. The van der Waals surface area contributed by atoms with Gasteiger partial charge in [0.1, 0.15) is 5.75 Å². The van der Waals surface area contributed by atoms with Crippen molar-refractivity contribution >= 4 is 28.6 Å². The van der Waals surface area contributed by atoms with Crippen LogP contribution in [0.25, 0.3) is 0 Å². The minimum Gasteiger partial charge on any atom is -0.494 e. The number of carbonyl (C=O) groups excluding carboxylic acids is 1. The van der Waals surface area contributed by atoms with Crippen molar-refractivity contribution in [3.63, 3.8) is 0 Å². The van der Waals surface area contributed by atoms with E-state index in [1.807, 2.05) is 31.2 Å². The molecule has 134 valence electrons. The summed E-state index contributed by atoms with van der Waals surface area (Å²) in [5, 5.41) is 15.6. The van der Waals surface area contributed by atoms with Crippen LogP contribution in [0.3, 0.4) is 0 Å². The lowest BCUT2D eigenvalue weighted by atomic mass is 10.2. The summed E-state index contributed by atoms with van der Waals surface area (Å²) in [6, 6.07) is 5.78. The molecule has 0 aliphatic rings. The van der Waals surface area contributed by atoms with Crippen LogP contribution >= 0.6 is 11.3 Å². The lowest BCUT2D eigenvalue weighted by Crippen LogP contribution is -2.39. The van der Waals surface area contributed by atoms with Gasteiger partial charge in [-0.3, -0.25) is 19.8 Å². The summed E-state index contributed by atoms with van der Waals surface area (Å²) in [6.45, 7) is 4.54. The first-order chi connectivity index (χ1) is 11.8. The maximum atomic E-state index is 12.5. The molecule has 0 radical (unpaired) electrons. The molecular formula is C17H21N3O4S. The first kappa shape index (κ1) is 18.9. The third-order valence-corrected chi connectivity index (χ3v) is 5.06. The molecule has 1 aromatic heterocycles. The summed E-state index contributed by atoms with van der Waals surface area (Å²) < 4.78 is 5.15. The van der Waals surface area contributed by atoms with Gasteiger partial charge in [0.05, 0.1) is 29.8 Å². The number of hydrogen-bond donors (Lipinski definition) is 1. The predicted octanol–water partition coefficient (Wildman–Crippen LogP) is 3.43. The van der Waals surface area contributed by atoms with Crippen LogP contribution in [-0.4, -0.2) is 35.9 Å². The van der Waals surface area contributed by atoms with Gasteiger partial charge in [0, 0.05) is 17.5 Å². The molecule has 2 rings (SSSR count). The smallest absolute Gasteiger partial charge is 0.273 e. The SMILES string of the molecule is COc1cc([N+](=O)[O-])ccc1NC(=O)[C@H](C)N(C)Cc1sccc1C. The third-order valence-electron chi connectivity index (χ3n) is 4.06. The number of nitro groups is 1. The van der Waals surface area contributed by atoms with Gasteiger partial charge in [-0.25, -0.2) is 0 Å². The van der Waals surface area contributed by atoms with E-state index >= 15 is 0 Å². The molecule has 0 aliphatic carbocycles. The third kappa shape index (κ3) is 4.55. The Bertz CT molecular complexity index is 775. The van der Waals surface area contributed by atoms with E-state index in [9.17, 15) is 14.9 Å². The number of nitrogens with one attached hydrogen (secondary N) is 1. The summed E-state index contributed by atoms with van der Waals surface area (Å²) in [7, 11) is 3.29. The number of benzene rings is 1. The monoisotopic (exact) mass is 363 g/mol. The van der Waals surface area contributed by atoms with Crippen molar-refractivity contribution in [1.29, 1.82) is 0 Å². The highest BCUT2D eigenvalue weighted by molar-refractivity contribution is 7.10. The fraction of sp³-hybridized carbons (Fsp3) is 0.353. The minimum atomic E-state index is -0.506. The number of non-ortho nitro benzene ring substituents is 1. The van der Waals surface area contributed by atoms with Crippen molar-refractivity contribution in [1.82, 2.24) is 4.90 Å². The molecule has 1 aromatic carbocycles. The molecule has 0 saturated carbocycles. The zero-order valence-electron chi connectivity index (χ0n) is 14.6. The van der Waals surface area contributed by atoms with Gasteiger partial charge < -0.3 is 10.1 Å². The molecule has 0 fully saturated rings. The van der Waals surface area contributed by atoms with Gasteiger partial charge in [-0.15, -0.1) is 11.3 Å². The van der Waals surface area contributed by atoms with E-state index in [0.29, 0.717) is 12.2 Å². The van der Waals surface area contributed by atoms with E-state index in [0.717, 1.165) is 0 Å². The predicted molar refractivity (Wildman–Crippen MR) is 98.3 cm³/mol. The Morgan fingerprint density at radius 1 is 1.44 bits per heavy atom. The number of thiophene rings is 1. The standard InChI is InChI=1S/C17H21N3O4S/c1-11-7-8-25-16(11)10-19(3)12(2)17(21)18-14-6-5-13(20(22)23)9-15(14)24-4/h5-9,12H,10H2,1-4H3,(H,18,21)/t12-/m0/s1. The van der Waals surface area contributed by atoms with E-state index < -0.39 is 4.92 Å². The van der Waals surface area contributed by atoms with Gasteiger partial charge in [0.15, 0.2) is 0 Å². The van der Waals surface area contributed by atoms with Crippen molar-refractivity contribution in [2.75, 3.05) is 19.5 Å². The van der Waals surface area contributed by atoms with Crippen molar-refractivity contribution in [2.24, 2.45) is 0 Å². The highest BCUT2D eigenvalue weighted by Gasteiger charge is 2.21. The van der Waals surface area contributed by atoms with E-state index in [1.165, 1.54) is 35.7 Å². The molecule has 1 amide bonds. The maximum Gasteiger partial charge on any atom is 0.273 e. The number of amides is 1. The molecule has 0 unspecified atom stereocenters. The fourth-order valence-electron chi connectivity index (χ4n) is 2.26. The Kier molecular flexibility index (Phi) is 6.11. The summed E-state index contributed by atoms with van der Waals surface area (Å²) >= 11 is 1.66. The highest BCUT2D eigenvalue weighted by Crippen LogP contribution is 2.29. The molecule has 2 aromatic rings. The van der Waals surface area contributed by atoms with Crippen LogP contribution in [0.1, 0.15) is 17.4 Å². The van der Waals surface area contributed by atoms with Gasteiger partial charge in [-0.05, 0) is 44.0 Å². The van der Waals surface area contributed by atoms with E-state index in [1.54, 1.807) is 11.3 Å². The van der Waals surface area contributed by atoms with Crippen molar-refractivity contribution in [2.45, 2.75) is 26.4 Å². The molecule has 1 atom stereocenters. The van der Waals surface area contributed by atoms with E-state index in [2.05, 4.69) is 11.4 Å². The van der Waals surface area contributed by atoms with Crippen molar-refractivity contribution < 1.29 is 14.5 Å². The van der Waals surface area contributed by atoms with Crippen LogP contribution in [0.4, 0.5) is 11.4 Å². The van der Waals surface area contributed by atoms with Crippen LogP contribution < -0.4 is 10.1 Å². The van der Waals surface area contributed by atoms with Gasteiger partial charge in [0.25, 0.3) is 5.69 Å². The average Bonchev–Trinajstić information content (AvgIpc) is 2.98. The topological polar surface area (TPSA) is 84.7 Å². The molecular weight excluding hydrogens is 342 g/mol. The molecule has 0 aliphatic heterocycles. The number of methoxy groups -OCH3 is 1. The van der Waals surface area contributed by atoms with E-state index in [-0.39, 0.29) is 23.4 Å². The second kappa shape index (κ2) is 8.09. The van der Waals surface area contributed by atoms with Crippen LogP contribution in [0.2, 0.25) is 0 Å². The molecule has 0 saturated heterocycles. The van der Waals surface area contributed by atoms with Crippen molar-refractivity contribution in [3.8, 4) is 5.75 Å². The van der Waals surface area contributed by atoms with Crippen LogP contribution in [0, 0.1) is 17.0 Å². The summed E-state index contributed by atoms with van der Waals surface area (Å²) in [4.78, 5) is 26.0. The number of anilines is 1. The molecule has 0 spiro atoms. The zero-order valence-corrected chi connectivity index (χ0v) is 15.4. The Balaban J connectivity index is 2.07. The molecule has 8 heteroatoms. The largest absolute Gasteiger partial charge is 0.494 e. The Hall–Kier alpha value is -2.45. The maximum absolute atomic E-state index is 12.5. The molecule has 7 nitrogen and oxygen atoms in total.